The summed E-state index contributed by atoms with van der Waals surface area (Å²) in [5.41, 5.74) is 4.30. The second-order valence-electron chi connectivity index (χ2n) is 12.3. The zero-order chi connectivity index (χ0) is 30.3. The molecule has 1 fully saturated rings. The van der Waals surface area contributed by atoms with Gasteiger partial charge in [0.25, 0.3) is 5.91 Å². The Bertz CT molecular complexity index is 1780. The SMILES string of the molecule is CN1C(=O)c2cccc(OC(F)F)c2[C@H]2C[C@@H]1c1nc3ccc(-c4ccc(C5(NS(=O)C(C)(C)C)COC5)nc4)cc3n12. The fraction of sp³-hybridized carbons (Fsp3) is 0.387. The number of nitrogens with zero attached hydrogens (tertiary/aromatic N) is 4. The van der Waals surface area contributed by atoms with Crippen LogP contribution in [0.2, 0.25) is 0 Å². The molecule has 0 aliphatic carbocycles. The van der Waals surface area contributed by atoms with Crippen LogP contribution in [-0.2, 0) is 21.3 Å². The number of pyridine rings is 1. The number of ether oxygens (including phenoxy) is 2. The largest absolute Gasteiger partial charge is 0.434 e. The minimum atomic E-state index is -3.02. The van der Waals surface area contributed by atoms with Gasteiger partial charge in [-0.05, 0) is 56.7 Å². The maximum absolute atomic E-state index is 13.4. The molecular weight excluding hydrogens is 576 g/mol. The molecule has 3 aliphatic rings. The monoisotopic (exact) mass is 607 g/mol. The van der Waals surface area contributed by atoms with Crippen molar-refractivity contribution in [1.82, 2.24) is 24.2 Å². The lowest BCUT2D eigenvalue weighted by Crippen LogP contribution is -2.60. The summed E-state index contributed by atoms with van der Waals surface area (Å²) in [5.74, 6) is 0.465. The van der Waals surface area contributed by atoms with Gasteiger partial charge in [-0.25, -0.2) is 13.9 Å². The Morgan fingerprint density at radius 2 is 1.88 bits per heavy atom. The van der Waals surface area contributed by atoms with Gasteiger partial charge in [0.05, 0.1) is 57.8 Å². The van der Waals surface area contributed by atoms with Crippen LogP contribution in [0, 0.1) is 0 Å². The molecule has 224 valence electrons. The Hall–Kier alpha value is -3.74. The average Bonchev–Trinajstić information content (AvgIpc) is 3.47. The Balaban J connectivity index is 1.28. The van der Waals surface area contributed by atoms with Crippen LogP contribution in [0.4, 0.5) is 8.78 Å². The number of imidazole rings is 1. The number of benzene rings is 2. The van der Waals surface area contributed by atoms with Crippen LogP contribution in [0.3, 0.4) is 0 Å². The van der Waals surface area contributed by atoms with E-state index in [0.717, 1.165) is 27.9 Å². The molecule has 12 heteroatoms. The molecule has 0 radical (unpaired) electrons. The van der Waals surface area contributed by atoms with Gasteiger partial charge in [0.2, 0.25) is 0 Å². The van der Waals surface area contributed by atoms with E-state index in [0.29, 0.717) is 36.6 Å². The lowest BCUT2D eigenvalue weighted by Gasteiger charge is -2.42. The normalized spacial score (nSPS) is 21.4. The highest BCUT2D eigenvalue weighted by Gasteiger charge is 2.46. The predicted molar refractivity (Wildman–Crippen MR) is 157 cm³/mol. The summed E-state index contributed by atoms with van der Waals surface area (Å²) in [7, 11) is 0.429. The van der Waals surface area contributed by atoms with Gasteiger partial charge in [-0.15, -0.1) is 0 Å². The van der Waals surface area contributed by atoms with Crippen molar-refractivity contribution in [3.63, 3.8) is 0 Å². The summed E-state index contributed by atoms with van der Waals surface area (Å²) < 4.78 is 54.9. The molecule has 1 saturated heterocycles. The number of alkyl halides is 2. The Kier molecular flexibility index (Phi) is 6.46. The van der Waals surface area contributed by atoms with E-state index in [9.17, 15) is 17.8 Å². The van der Waals surface area contributed by atoms with Crippen molar-refractivity contribution in [2.45, 2.75) is 56.2 Å². The van der Waals surface area contributed by atoms with Crippen molar-refractivity contribution >= 4 is 27.9 Å². The third-order valence-corrected chi connectivity index (χ3v) is 10.2. The molecule has 0 spiro atoms. The van der Waals surface area contributed by atoms with Crippen molar-refractivity contribution in [2.24, 2.45) is 0 Å². The predicted octanol–water partition coefficient (Wildman–Crippen LogP) is 5.10. The third kappa shape index (κ3) is 4.46. The number of aromatic nitrogens is 3. The highest BCUT2D eigenvalue weighted by atomic mass is 32.2. The van der Waals surface area contributed by atoms with Crippen LogP contribution in [0.15, 0.2) is 54.7 Å². The summed E-state index contributed by atoms with van der Waals surface area (Å²) in [6.45, 7) is 3.50. The van der Waals surface area contributed by atoms with Gasteiger partial charge in [-0.2, -0.15) is 8.78 Å². The number of fused-ring (bicyclic) bond motifs is 9. The van der Waals surface area contributed by atoms with Crippen molar-refractivity contribution in [3.05, 3.63) is 77.4 Å². The van der Waals surface area contributed by atoms with E-state index in [1.54, 1.807) is 30.3 Å². The summed E-state index contributed by atoms with van der Waals surface area (Å²) in [5, 5.41) is 0. The number of nitrogens with one attached hydrogen (secondary N) is 1. The minimum Gasteiger partial charge on any atom is -0.434 e. The second-order valence-corrected chi connectivity index (χ2v) is 14.3. The maximum atomic E-state index is 13.4. The van der Waals surface area contributed by atoms with Crippen LogP contribution in [0.25, 0.3) is 22.2 Å². The molecule has 4 aromatic rings. The van der Waals surface area contributed by atoms with Gasteiger partial charge < -0.3 is 18.9 Å². The molecule has 3 aliphatic heterocycles. The van der Waals surface area contributed by atoms with Gasteiger partial charge >= 0.3 is 6.61 Å². The summed E-state index contributed by atoms with van der Waals surface area (Å²) in [6.07, 6.45) is 2.30. The number of hydrogen-bond acceptors (Lipinski definition) is 6. The van der Waals surface area contributed by atoms with Crippen LogP contribution in [0.1, 0.15) is 66.7 Å². The van der Waals surface area contributed by atoms with Gasteiger partial charge in [-0.1, -0.05) is 18.2 Å². The maximum Gasteiger partial charge on any atom is 0.387 e. The topological polar surface area (TPSA) is 98.6 Å². The Morgan fingerprint density at radius 1 is 1.12 bits per heavy atom. The van der Waals surface area contributed by atoms with Gasteiger partial charge in [-0.3, -0.25) is 9.78 Å². The first-order chi connectivity index (χ1) is 20.5. The van der Waals surface area contributed by atoms with Crippen LogP contribution >= 0.6 is 0 Å². The van der Waals surface area contributed by atoms with Gasteiger partial charge in [0, 0.05) is 36.4 Å². The molecular formula is C31H31F2N5O4S. The van der Waals surface area contributed by atoms with E-state index in [1.807, 2.05) is 51.1 Å². The molecule has 1 amide bonds. The molecule has 0 saturated carbocycles. The van der Waals surface area contributed by atoms with Crippen LogP contribution in [-0.4, -0.2) is 61.2 Å². The first kappa shape index (κ1) is 28.1. The molecule has 5 heterocycles. The molecule has 1 N–H and O–H groups in total. The fourth-order valence-corrected chi connectivity index (χ4v) is 7.09. The number of hydrogen-bond donors (Lipinski definition) is 1. The van der Waals surface area contributed by atoms with E-state index in [2.05, 4.69) is 9.29 Å². The zero-order valence-corrected chi connectivity index (χ0v) is 25.0. The van der Waals surface area contributed by atoms with Crippen LogP contribution < -0.4 is 9.46 Å². The quantitative estimate of drug-likeness (QED) is 0.328. The average molecular weight is 608 g/mol. The summed E-state index contributed by atoms with van der Waals surface area (Å²) >= 11 is 0. The van der Waals surface area contributed by atoms with Gasteiger partial charge in [0.15, 0.2) is 0 Å². The van der Waals surface area contributed by atoms with Crippen molar-refractivity contribution < 1.29 is 27.3 Å². The fourth-order valence-electron chi connectivity index (χ4n) is 6.20. The molecule has 3 atom stereocenters. The van der Waals surface area contributed by atoms with E-state index < -0.39 is 33.9 Å². The highest BCUT2D eigenvalue weighted by Crippen LogP contribution is 2.50. The van der Waals surface area contributed by atoms with Crippen molar-refractivity contribution in [2.75, 3.05) is 20.3 Å². The number of halogens is 2. The number of carbonyl (C=O) groups excluding carboxylic acids is 1. The third-order valence-electron chi connectivity index (χ3n) is 8.53. The van der Waals surface area contributed by atoms with Crippen LogP contribution in [0.5, 0.6) is 5.75 Å². The minimum absolute atomic E-state index is 0.000414. The van der Waals surface area contributed by atoms with Crippen molar-refractivity contribution in [3.8, 4) is 16.9 Å². The standard InChI is InChI=1S/C31H31F2N5O4S/c1-30(2,3)43(40)36-31(15-41-16-31)25-11-9-18(14-34-25)17-8-10-20-21(12-17)38-22-13-23(27(38)35-20)37(4)28(39)19-6-5-7-24(26(19)22)42-29(32)33/h5-12,14,22-23,29,36H,13,15-16H2,1-4H3/t22-,23-,43?/m1/s1. The molecule has 1 unspecified atom stereocenters. The molecule has 2 bridgehead atoms. The van der Waals surface area contributed by atoms with E-state index in [-0.39, 0.29) is 17.7 Å². The molecule has 2 aromatic carbocycles. The first-order valence-electron chi connectivity index (χ1n) is 14.1. The van der Waals surface area contributed by atoms with E-state index in [4.69, 9.17) is 19.4 Å². The second kappa shape index (κ2) is 9.90. The molecule has 7 rings (SSSR count). The smallest absolute Gasteiger partial charge is 0.387 e. The Labute approximate surface area is 249 Å². The number of carbonyl (C=O) groups is 1. The Morgan fingerprint density at radius 3 is 2.53 bits per heavy atom. The molecule has 43 heavy (non-hydrogen) atoms. The molecule has 9 nitrogen and oxygen atoms in total. The number of rotatable bonds is 6. The highest BCUT2D eigenvalue weighted by molar-refractivity contribution is 7.84. The molecule has 2 aromatic heterocycles. The zero-order valence-electron chi connectivity index (χ0n) is 24.1. The number of amides is 1. The lowest BCUT2D eigenvalue weighted by molar-refractivity contribution is -0.0681. The van der Waals surface area contributed by atoms with E-state index in [1.165, 1.54) is 6.07 Å². The summed E-state index contributed by atoms with van der Waals surface area (Å²) in [4.78, 5) is 24.6. The summed E-state index contributed by atoms with van der Waals surface area (Å²) in [6, 6.07) is 13.8. The van der Waals surface area contributed by atoms with E-state index >= 15 is 0 Å². The lowest BCUT2D eigenvalue weighted by atomic mass is 9.93. The van der Waals surface area contributed by atoms with Gasteiger partial charge in [0.1, 0.15) is 17.1 Å². The van der Waals surface area contributed by atoms with Crippen molar-refractivity contribution in [1.29, 1.82) is 0 Å². The first-order valence-corrected chi connectivity index (χ1v) is 15.2.